The smallest absolute Gasteiger partial charge is 0.251 e. The van der Waals surface area contributed by atoms with Crippen LogP contribution in [0.15, 0.2) is 24.3 Å². The van der Waals surface area contributed by atoms with Crippen molar-refractivity contribution in [3.05, 3.63) is 29.8 Å². The van der Waals surface area contributed by atoms with Crippen LogP contribution in [-0.2, 0) is 0 Å². The van der Waals surface area contributed by atoms with Crippen LogP contribution in [0.25, 0.3) is 0 Å². The molecule has 0 spiro atoms. The first-order valence-corrected chi connectivity index (χ1v) is 5.31. The number of nitrogens with one attached hydrogen (secondary N) is 1. The summed E-state index contributed by atoms with van der Waals surface area (Å²) in [6.45, 7) is 8.00. The summed E-state index contributed by atoms with van der Waals surface area (Å²) in [7, 11) is 1.60. The summed E-state index contributed by atoms with van der Waals surface area (Å²) in [5, 5.41) is 2.52. The van der Waals surface area contributed by atoms with Crippen molar-refractivity contribution in [2.75, 3.05) is 12.8 Å². The molecule has 3 nitrogen and oxygen atoms in total. The lowest BCUT2D eigenvalue weighted by Gasteiger charge is -1.98. The molecule has 1 amide bonds. The Morgan fingerprint density at radius 1 is 1.07 bits per heavy atom. The fourth-order valence-electron chi connectivity index (χ4n) is 0.779. The highest BCUT2D eigenvalue weighted by Gasteiger charge is 1.99. The van der Waals surface area contributed by atoms with E-state index < -0.39 is 0 Å². The molecule has 3 N–H and O–H groups in total. The Bertz CT molecular complexity index is 255. The third kappa shape index (κ3) is 6.55. The summed E-state index contributed by atoms with van der Waals surface area (Å²) in [6, 6.07) is 6.78. The number of nitrogens with two attached hydrogens (primary N) is 1. The molecule has 15 heavy (non-hydrogen) atoms. The first-order valence-electron chi connectivity index (χ1n) is 5.31. The Hall–Kier alpha value is -1.51. The van der Waals surface area contributed by atoms with Gasteiger partial charge in [-0.2, -0.15) is 0 Å². The number of nitrogen functional groups attached to an aromatic ring is 1. The summed E-state index contributed by atoms with van der Waals surface area (Å²) in [5.74, 6) is -0.0926. The lowest BCUT2D eigenvalue weighted by molar-refractivity contribution is 0.0963. The lowest BCUT2D eigenvalue weighted by atomic mass is 10.2. The molecule has 0 radical (unpaired) electrons. The predicted octanol–water partition coefficient (Wildman–Crippen LogP) is 2.68. The van der Waals surface area contributed by atoms with Gasteiger partial charge < -0.3 is 11.1 Å². The Labute approximate surface area is 92.7 Å². The van der Waals surface area contributed by atoms with E-state index in [0.717, 1.165) is 0 Å². The molecule has 0 saturated carbocycles. The molecular weight excluding hydrogens is 188 g/mol. The van der Waals surface area contributed by atoms with Crippen molar-refractivity contribution in [1.82, 2.24) is 5.32 Å². The maximum atomic E-state index is 11.0. The summed E-state index contributed by atoms with van der Waals surface area (Å²) >= 11 is 0. The normalized spacial score (nSPS) is 7.53. The van der Waals surface area contributed by atoms with E-state index in [2.05, 4.69) is 5.32 Å². The van der Waals surface area contributed by atoms with Gasteiger partial charge in [-0.15, -0.1) is 0 Å². The SMILES string of the molecule is CC.CC.CNC(=O)c1ccc(N)cc1. The molecule has 1 aromatic rings. The zero-order valence-electron chi connectivity index (χ0n) is 10.3. The molecular formula is C12H22N2O. The van der Waals surface area contributed by atoms with E-state index in [1.165, 1.54) is 0 Å². The Kier molecular flexibility index (Phi) is 11.2. The molecule has 0 aliphatic rings. The minimum atomic E-state index is -0.0926. The zero-order valence-corrected chi connectivity index (χ0v) is 10.3. The van der Waals surface area contributed by atoms with Crippen LogP contribution in [0.5, 0.6) is 0 Å². The van der Waals surface area contributed by atoms with Gasteiger partial charge in [0, 0.05) is 18.3 Å². The number of carbonyl (C=O) groups excluding carboxylic acids is 1. The van der Waals surface area contributed by atoms with Gasteiger partial charge in [0.05, 0.1) is 0 Å². The molecule has 0 aliphatic carbocycles. The molecule has 0 saturated heterocycles. The number of amides is 1. The second-order valence-corrected chi connectivity index (χ2v) is 2.20. The Morgan fingerprint density at radius 3 is 1.80 bits per heavy atom. The largest absolute Gasteiger partial charge is 0.399 e. The predicted molar refractivity (Wildman–Crippen MR) is 66.9 cm³/mol. The number of carbonyl (C=O) groups is 1. The van der Waals surface area contributed by atoms with E-state index in [1.807, 2.05) is 27.7 Å². The van der Waals surface area contributed by atoms with Crippen LogP contribution < -0.4 is 11.1 Å². The molecule has 0 aromatic heterocycles. The Morgan fingerprint density at radius 2 is 1.47 bits per heavy atom. The minimum absolute atomic E-state index is 0.0926. The average molecular weight is 210 g/mol. The fourth-order valence-corrected chi connectivity index (χ4v) is 0.779. The molecule has 3 heteroatoms. The van der Waals surface area contributed by atoms with Gasteiger partial charge in [0.15, 0.2) is 0 Å². The topological polar surface area (TPSA) is 55.1 Å². The molecule has 0 atom stereocenters. The van der Waals surface area contributed by atoms with E-state index in [9.17, 15) is 4.79 Å². The second kappa shape index (κ2) is 10.6. The maximum Gasteiger partial charge on any atom is 0.251 e. The Balaban J connectivity index is 0. The first-order chi connectivity index (χ1) is 7.24. The van der Waals surface area contributed by atoms with Crippen molar-refractivity contribution in [3.8, 4) is 0 Å². The summed E-state index contributed by atoms with van der Waals surface area (Å²) < 4.78 is 0. The van der Waals surface area contributed by atoms with Crippen LogP contribution in [0.4, 0.5) is 5.69 Å². The van der Waals surface area contributed by atoms with Gasteiger partial charge in [-0.3, -0.25) is 4.79 Å². The van der Waals surface area contributed by atoms with Gasteiger partial charge >= 0.3 is 0 Å². The minimum Gasteiger partial charge on any atom is -0.399 e. The molecule has 1 aromatic carbocycles. The highest BCUT2D eigenvalue weighted by molar-refractivity contribution is 5.94. The highest BCUT2D eigenvalue weighted by atomic mass is 16.1. The number of rotatable bonds is 1. The van der Waals surface area contributed by atoms with Crippen molar-refractivity contribution in [3.63, 3.8) is 0 Å². The van der Waals surface area contributed by atoms with Crippen LogP contribution in [0.3, 0.4) is 0 Å². The van der Waals surface area contributed by atoms with Crippen LogP contribution in [0, 0.1) is 0 Å². The number of hydrogen-bond donors (Lipinski definition) is 2. The highest BCUT2D eigenvalue weighted by Crippen LogP contribution is 2.04. The average Bonchev–Trinajstić information content (AvgIpc) is 2.34. The van der Waals surface area contributed by atoms with Gasteiger partial charge in [-0.05, 0) is 24.3 Å². The van der Waals surface area contributed by atoms with Crippen LogP contribution >= 0.6 is 0 Å². The molecule has 0 bridgehead atoms. The second-order valence-electron chi connectivity index (χ2n) is 2.20. The van der Waals surface area contributed by atoms with Crippen molar-refractivity contribution < 1.29 is 4.79 Å². The fraction of sp³-hybridized carbons (Fsp3) is 0.417. The van der Waals surface area contributed by atoms with Crippen molar-refractivity contribution in [2.24, 2.45) is 0 Å². The molecule has 0 unspecified atom stereocenters. The summed E-state index contributed by atoms with van der Waals surface area (Å²) in [5.41, 5.74) is 6.73. The number of anilines is 1. The van der Waals surface area contributed by atoms with Crippen LogP contribution in [0.2, 0.25) is 0 Å². The van der Waals surface area contributed by atoms with Crippen molar-refractivity contribution >= 4 is 11.6 Å². The van der Waals surface area contributed by atoms with Gasteiger partial charge in [0.25, 0.3) is 5.91 Å². The molecule has 0 heterocycles. The molecule has 86 valence electrons. The molecule has 1 rings (SSSR count). The van der Waals surface area contributed by atoms with Gasteiger partial charge in [0.2, 0.25) is 0 Å². The van der Waals surface area contributed by atoms with Crippen molar-refractivity contribution in [2.45, 2.75) is 27.7 Å². The van der Waals surface area contributed by atoms with Crippen LogP contribution in [0.1, 0.15) is 38.1 Å². The van der Waals surface area contributed by atoms with E-state index >= 15 is 0 Å². The summed E-state index contributed by atoms with van der Waals surface area (Å²) in [4.78, 5) is 11.0. The zero-order chi connectivity index (χ0) is 12.3. The summed E-state index contributed by atoms with van der Waals surface area (Å²) in [6.07, 6.45) is 0. The van der Waals surface area contributed by atoms with Gasteiger partial charge in [-0.25, -0.2) is 0 Å². The number of benzene rings is 1. The monoisotopic (exact) mass is 210 g/mol. The molecule has 0 fully saturated rings. The standard InChI is InChI=1S/C8H10N2O.2C2H6/c1-10-8(11)6-2-4-7(9)5-3-6;2*1-2/h2-5H,9H2,1H3,(H,10,11);2*1-2H3. The van der Waals surface area contributed by atoms with E-state index in [4.69, 9.17) is 5.73 Å². The van der Waals surface area contributed by atoms with E-state index in [1.54, 1.807) is 31.3 Å². The van der Waals surface area contributed by atoms with E-state index in [-0.39, 0.29) is 5.91 Å². The third-order valence-electron chi connectivity index (χ3n) is 1.40. The maximum absolute atomic E-state index is 11.0. The number of hydrogen-bond acceptors (Lipinski definition) is 2. The van der Waals surface area contributed by atoms with Crippen LogP contribution in [-0.4, -0.2) is 13.0 Å². The van der Waals surface area contributed by atoms with E-state index in [0.29, 0.717) is 11.3 Å². The third-order valence-corrected chi connectivity index (χ3v) is 1.40. The van der Waals surface area contributed by atoms with Gasteiger partial charge in [-0.1, -0.05) is 27.7 Å². The van der Waals surface area contributed by atoms with Crippen molar-refractivity contribution in [1.29, 1.82) is 0 Å². The molecule has 0 aliphatic heterocycles. The quantitative estimate of drug-likeness (QED) is 0.700. The lowest BCUT2D eigenvalue weighted by Crippen LogP contribution is -2.17. The first kappa shape index (κ1) is 15.9. The van der Waals surface area contributed by atoms with Gasteiger partial charge in [0.1, 0.15) is 0 Å².